The minimum Gasteiger partial charge on any atom is -0.386 e. The average molecular weight is 466 g/mol. The van der Waals surface area contributed by atoms with Gasteiger partial charge in [-0.1, -0.05) is 102 Å². The first kappa shape index (κ1) is 24.9. The van der Waals surface area contributed by atoms with E-state index < -0.39 is 6.10 Å². The van der Waals surface area contributed by atoms with Gasteiger partial charge in [-0.25, -0.2) is 4.98 Å². The van der Waals surface area contributed by atoms with E-state index in [1.54, 1.807) is 23.5 Å². The van der Waals surface area contributed by atoms with Crippen molar-refractivity contribution in [2.45, 2.75) is 79.9 Å². The number of pyridine rings is 1. The lowest BCUT2D eigenvalue weighted by Crippen LogP contribution is -2.14. The normalized spacial score (nSPS) is 13.7. The van der Waals surface area contributed by atoms with Gasteiger partial charge in [-0.05, 0) is 52.1 Å². The van der Waals surface area contributed by atoms with Gasteiger partial charge in [0, 0.05) is 11.1 Å². The highest BCUT2D eigenvalue weighted by atomic mass is 32.2. The molecule has 3 rings (SSSR count). The number of rotatable bonds is 9. The molecule has 1 heterocycles. The van der Waals surface area contributed by atoms with Gasteiger partial charge in [-0.2, -0.15) is 0 Å². The van der Waals surface area contributed by atoms with Gasteiger partial charge in [0.15, 0.2) is 0 Å². The SMILES string of the molecule is CC(C)c1cc(C(C)C)c(S[C@@H](Sc2ccccn2)[C@H](O)c2ccccc2)c(C(C)C)c1. The van der Waals surface area contributed by atoms with Crippen LogP contribution in [0.4, 0.5) is 0 Å². The third-order valence-corrected chi connectivity index (χ3v) is 8.33. The zero-order valence-electron chi connectivity index (χ0n) is 19.9. The van der Waals surface area contributed by atoms with E-state index in [0.29, 0.717) is 17.8 Å². The van der Waals surface area contributed by atoms with Gasteiger partial charge in [-0.15, -0.1) is 11.8 Å². The molecule has 0 aliphatic carbocycles. The molecular formula is C28H35NOS2. The van der Waals surface area contributed by atoms with Crippen molar-refractivity contribution in [2.24, 2.45) is 0 Å². The van der Waals surface area contributed by atoms with Crippen LogP contribution in [0.25, 0.3) is 0 Å². The summed E-state index contributed by atoms with van der Waals surface area (Å²) >= 11 is 3.43. The van der Waals surface area contributed by atoms with Gasteiger partial charge in [0.1, 0.15) is 6.10 Å². The summed E-state index contributed by atoms with van der Waals surface area (Å²) < 4.78 is -0.118. The quantitative estimate of drug-likeness (QED) is 0.254. The van der Waals surface area contributed by atoms with Crippen molar-refractivity contribution in [3.05, 3.63) is 89.1 Å². The third kappa shape index (κ3) is 6.18. The summed E-state index contributed by atoms with van der Waals surface area (Å²) in [6, 6.07) is 20.7. The van der Waals surface area contributed by atoms with E-state index in [4.69, 9.17) is 0 Å². The van der Waals surface area contributed by atoms with Crippen LogP contribution in [-0.4, -0.2) is 14.7 Å². The molecule has 0 radical (unpaired) electrons. The molecule has 0 aliphatic heterocycles. The van der Waals surface area contributed by atoms with Crippen molar-refractivity contribution in [1.29, 1.82) is 0 Å². The fourth-order valence-electron chi connectivity index (χ4n) is 3.64. The van der Waals surface area contributed by atoms with Crippen molar-refractivity contribution >= 4 is 23.5 Å². The highest BCUT2D eigenvalue weighted by Crippen LogP contribution is 2.47. The fraction of sp³-hybridized carbons (Fsp3) is 0.393. The number of nitrogens with zero attached hydrogens (tertiary/aromatic N) is 1. The van der Waals surface area contributed by atoms with Gasteiger partial charge < -0.3 is 5.11 Å². The van der Waals surface area contributed by atoms with E-state index in [-0.39, 0.29) is 4.58 Å². The molecule has 1 aromatic heterocycles. The van der Waals surface area contributed by atoms with Crippen LogP contribution in [0.5, 0.6) is 0 Å². The number of aliphatic hydroxyl groups is 1. The molecule has 0 unspecified atom stereocenters. The lowest BCUT2D eigenvalue weighted by atomic mass is 9.89. The Balaban J connectivity index is 2.08. The van der Waals surface area contributed by atoms with Crippen LogP contribution in [0, 0.1) is 0 Å². The Bertz CT molecular complexity index is 958. The predicted molar refractivity (Wildman–Crippen MR) is 140 cm³/mol. The van der Waals surface area contributed by atoms with Crippen LogP contribution >= 0.6 is 23.5 Å². The number of hydrogen-bond acceptors (Lipinski definition) is 4. The largest absolute Gasteiger partial charge is 0.386 e. The number of aromatic nitrogens is 1. The van der Waals surface area contributed by atoms with E-state index >= 15 is 0 Å². The first-order chi connectivity index (χ1) is 15.3. The van der Waals surface area contributed by atoms with Gasteiger partial charge in [0.05, 0.1) is 9.61 Å². The molecule has 2 aromatic carbocycles. The summed E-state index contributed by atoms with van der Waals surface area (Å²) in [5, 5.41) is 12.4. The highest BCUT2D eigenvalue weighted by molar-refractivity contribution is 8.17. The average Bonchev–Trinajstić information content (AvgIpc) is 2.78. The molecule has 0 fully saturated rings. The van der Waals surface area contributed by atoms with Gasteiger partial charge >= 0.3 is 0 Å². The van der Waals surface area contributed by atoms with E-state index in [1.165, 1.54) is 21.6 Å². The third-order valence-electron chi connectivity index (χ3n) is 5.59. The second-order valence-electron chi connectivity index (χ2n) is 9.12. The van der Waals surface area contributed by atoms with Crippen molar-refractivity contribution in [3.63, 3.8) is 0 Å². The zero-order chi connectivity index (χ0) is 23.3. The standard InChI is InChI=1S/C28H35NOS2/c1-18(2)22-16-23(19(3)4)27(24(17-22)20(5)6)32-28(31-25-14-10-11-15-29-25)26(30)21-12-8-7-9-13-21/h7-20,26,28,30H,1-6H3/t26-,28-/m1/s1. The Labute approximate surface area is 202 Å². The van der Waals surface area contributed by atoms with Crippen LogP contribution in [0.3, 0.4) is 0 Å². The first-order valence-corrected chi connectivity index (χ1v) is 13.2. The summed E-state index contributed by atoms with van der Waals surface area (Å²) in [5.41, 5.74) is 5.07. The molecule has 0 spiro atoms. The van der Waals surface area contributed by atoms with Crippen molar-refractivity contribution < 1.29 is 5.11 Å². The summed E-state index contributed by atoms with van der Waals surface area (Å²) in [5.74, 6) is 1.30. The van der Waals surface area contributed by atoms with Crippen LogP contribution < -0.4 is 0 Å². The molecule has 3 aromatic rings. The molecule has 0 saturated heterocycles. The summed E-state index contributed by atoms with van der Waals surface area (Å²) in [6.07, 6.45) is 1.20. The van der Waals surface area contributed by atoms with E-state index in [9.17, 15) is 5.11 Å². The lowest BCUT2D eigenvalue weighted by molar-refractivity contribution is 0.196. The summed E-state index contributed by atoms with van der Waals surface area (Å²) in [7, 11) is 0. The van der Waals surface area contributed by atoms with E-state index in [0.717, 1.165) is 10.6 Å². The molecule has 4 heteroatoms. The molecule has 2 nitrogen and oxygen atoms in total. The number of aliphatic hydroxyl groups excluding tert-OH is 1. The van der Waals surface area contributed by atoms with E-state index in [2.05, 4.69) is 58.7 Å². The Kier molecular flexibility index (Phi) is 8.87. The lowest BCUT2D eigenvalue weighted by Gasteiger charge is -2.27. The van der Waals surface area contributed by atoms with Gasteiger partial charge in [-0.3, -0.25) is 0 Å². The molecular weight excluding hydrogens is 430 g/mol. The number of hydrogen-bond donors (Lipinski definition) is 1. The molecule has 170 valence electrons. The molecule has 0 amide bonds. The molecule has 1 N–H and O–H groups in total. The summed E-state index contributed by atoms with van der Waals surface area (Å²) in [4.78, 5) is 5.84. The maximum Gasteiger partial charge on any atom is 0.101 e. The molecule has 0 bridgehead atoms. The number of thioether (sulfide) groups is 2. The second-order valence-corrected chi connectivity index (χ2v) is 11.7. The van der Waals surface area contributed by atoms with E-state index in [1.807, 2.05) is 54.7 Å². The van der Waals surface area contributed by atoms with Crippen LogP contribution in [0.15, 0.2) is 76.8 Å². The molecule has 0 saturated carbocycles. The number of benzene rings is 2. The van der Waals surface area contributed by atoms with Crippen molar-refractivity contribution in [1.82, 2.24) is 4.98 Å². The van der Waals surface area contributed by atoms with Crippen molar-refractivity contribution in [3.8, 4) is 0 Å². The highest BCUT2D eigenvalue weighted by Gasteiger charge is 2.27. The Hall–Kier alpha value is -1.75. The molecule has 2 atom stereocenters. The molecule has 0 aliphatic rings. The second kappa shape index (κ2) is 11.4. The maximum absolute atomic E-state index is 11.4. The van der Waals surface area contributed by atoms with Crippen LogP contribution in [0.1, 0.15) is 87.7 Å². The topological polar surface area (TPSA) is 33.1 Å². The minimum atomic E-state index is -0.613. The van der Waals surface area contributed by atoms with Gasteiger partial charge in [0.25, 0.3) is 0 Å². The smallest absolute Gasteiger partial charge is 0.101 e. The predicted octanol–water partition coefficient (Wildman–Crippen LogP) is 8.40. The maximum atomic E-state index is 11.4. The zero-order valence-corrected chi connectivity index (χ0v) is 21.6. The molecule has 32 heavy (non-hydrogen) atoms. The Morgan fingerprint density at radius 3 is 1.78 bits per heavy atom. The minimum absolute atomic E-state index is 0.118. The first-order valence-electron chi connectivity index (χ1n) is 11.4. The Morgan fingerprint density at radius 1 is 0.688 bits per heavy atom. The summed E-state index contributed by atoms with van der Waals surface area (Å²) in [6.45, 7) is 13.6. The van der Waals surface area contributed by atoms with Gasteiger partial charge in [0.2, 0.25) is 0 Å². The monoisotopic (exact) mass is 465 g/mol. The fourth-order valence-corrected chi connectivity index (χ4v) is 6.60. The van der Waals surface area contributed by atoms with Crippen molar-refractivity contribution in [2.75, 3.05) is 0 Å². The van der Waals surface area contributed by atoms with Crippen LogP contribution in [0.2, 0.25) is 0 Å². The van der Waals surface area contributed by atoms with Crippen LogP contribution in [-0.2, 0) is 0 Å². The Morgan fingerprint density at radius 2 is 1.28 bits per heavy atom.